The number of carboxylic acid groups (broad SMARTS) is 1. The zero-order valence-corrected chi connectivity index (χ0v) is 10.9. The van der Waals surface area contributed by atoms with Crippen molar-refractivity contribution in [3.05, 3.63) is 22.4 Å². The van der Waals surface area contributed by atoms with Gasteiger partial charge in [-0.25, -0.2) is 18.2 Å². The number of carboxylic acids is 1. The van der Waals surface area contributed by atoms with E-state index in [9.17, 15) is 13.2 Å². The Morgan fingerprint density at radius 2 is 2.06 bits per heavy atom. The molecule has 1 rings (SSSR count). The molecule has 88 valence electrons. The predicted octanol–water partition coefficient (Wildman–Crippen LogP) is 0.938. The van der Waals surface area contributed by atoms with Crippen LogP contribution in [0.1, 0.15) is 10.5 Å². The molecule has 1 aromatic heterocycles. The summed E-state index contributed by atoms with van der Waals surface area (Å²) in [5, 5.41) is 8.90. The Morgan fingerprint density at radius 1 is 1.50 bits per heavy atom. The summed E-state index contributed by atoms with van der Waals surface area (Å²) in [6.45, 7) is 0. The molecule has 0 aromatic carbocycles. The summed E-state index contributed by atoms with van der Waals surface area (Å²) >= 11 is 3.02. The van der Waals surface area contributed by atoms with Gasteiger partial charge in [-0.2, -0.15) is 0 Å². The molecule has 0 saturated heterocycles. The summed E-state index contributed by atoms with van der Waals surface area (Å²) in [5.41, 5.74) is -0.291. The van der Waals surface area contributed by atoms with E-state index in [1.165, 1.54) is 19.2 Å². The summed E-state index contributed by atoms with van der Waals surface area (Å²) < 4.78 is 23.8. The number of sulfonamides is 1. The fourth-order valence-corrected chi connectivity index (χ4v) is 1.83. The predicted molar refractivity (Wildman–Crippen MR) is 62.1 cm³/mol. The van der Waals surface area contributed by atoms with Crippen LogP contribution in [0.3, 0.4) is 0 Å². The van der Waals surface area contributed by atoms with Crippen LogP contribution in [0.25, 0.3) is 0 Å². The summed E-state index contributed by atoms with van der Waals surface area (Å²) in [5.74, 6) is -1.29. The minimum atomic E-state index is -3.51. The van der Waals surface area contributed by atoms with Crippen molar-refractivity contribution in [3.8, 4) is 0 Å². The van der Waals surface area contributed by atoms with Crippen molar-refractivity contribution in [3.63, 3.8) is 0 Å². The monoisotopic (exact) mass is 308 g/mol. The van der Waals surface area contributed by atoms with E-state index in [0.717, 1.165) is 10.6 Å². The van der Waals surface area contributed by atoms with Gasteiger partial charge in [0.15, 0.2) is 5.69 Å². The Morgan fingerprint density at radius 3 is 2.50 bits per heavy atom. The van der Waals surface area contributed by atoms with Gasteiger partial charge in [-0.15, -0.1) is 0 Å². The van der Waals surface area contributed by atoms with Crippen molar-refractivity contribution in [1.82, 2.24) is 4.98 Å². The zero-order valence-electron chi connectivity index (χ0n) is 8.51. The number of hydrogen-bond acceptors (Lipinski definition) is 4. The SMILES string of the molecule is CN(c1ccc(Br)nc1C(=O)O)S(C)(=O)=O. The van der Waals surface area contributed by atoms with Crippen LogP contribution in [0.2, 0.25) is 0 Å². The highest BCUT2D eigenvalue weighted by atomic mass is 79.9. The molecule has 8 heteroatoms. The van der Waals surface area contributed by atoms with Crippen molar-refractivity contribution in [1.29, 1.82) is 0 Å². The molecule has 0 fully saturated rings. The van der Waals surface area contributed by atoms with Crippen LogP contribution >= 0.6 is 15.9 Å². The van der Waals surface area contributed by atoms with E-state index in [0.29, 0.717) is 4.60 Å². The molecule has 1 N–H and O–H groups in total. The molecule has 0 amide bonds. The van der Waals surface area contributed by atoms with Gasteiger partial charge in [0.2, 0.25) is 10.0 Å². The topological polar surface area (TPSA) is 87.6 Å². The van der Waals surface area contributed by atoms with Crippen LogP contribution in [0.4, 0.5) is 5.69 Å². The quantitative estimate of drug-likeness (QED) is 0.840. The van der Waals surface area contributed by atoms with Gasteiger partial charge in [-0.1, -0.05) is 0 Å². The van der Waals surface area contributed by atoms with E-state index < -0.39 is 16.0 Å². The number of aromatic nitrogens is 1. The first-order valence-electron chi connectivity index (χ1n) is 4.07. The summed E-state index contributed by atoms with van der Waals surface area (Å²) in [4.78, 5) is 14.6. The van der Waals surface area contributed by atoms with Gasteiger partial charge < -0.3 is 5.11 Å². The first-order chi connectivity index (χ1) is 7.23. The lowest BCUT2D eigenvalue weighted by atomic mass is 10.3. The van der Waals surface area contributed by atoms with Gasteiger partial charge in [0, 0.05) is 7.05 Å². The summed E-state index contributed by atoms with van der Waals surface area (Å²) in [7, 11) is -2.24. The van der Waals surface area contributed by atoms with Crippen molar-refractivity contribution in [2.75, 3.05) is 17.6 Å². The minimum absolute atomic E-state index is 0.0261. The van der Waals surface area contributed by atoms with E-state index in [4.69, 9.17) is 5.11 Å². The number of aromatic carboxylic acids is 1. The lowest BCUT2D eigenvalue weighted by Gasteiger charge is -2.17. The number of rotatable bonds is 3. The molecule has 0 saturated carbocycles. The third-order valence-corrected chi connectivity index (χ3v) is 3.51. The second-order valence-electron chi connectivity index (χ2n) is 3.04. The Hall–Kier alpha value is -1.15. The standard InChI is InChI=1S/C8H9BrN2O4S/c1-11(16(2,14)15)5-3-4-6(9)10-7(5)8(12)13/h3-4H,1-2H3,(H,12,13). The van der Waals surface area contributed by atoms with Crippen molar-refractivity contribution >= 4 is 37.6 Å². The van der Waals surface area contributed by atoms with Gasteiger partial charge >= 0.3 is 5.97 Å². The molecule has 16 heavy (non-hydrogen) atoms. The van der Waals surface area contributed by atoms with E-state index in [2.05, 4.69) is 20.9 Å². The van der Waals surface area contributed by atoms with Crippen LogP contribution < -0.4 is 4.31 Å². The van der Waals surface area contributed by atoms with Crippen LogP contribution in [0.5, 0.6) is 0 Å². The van der Waals surface area contributed by atoms with Crippen LogP contribution in [0, 0.1) is 0 Å². The van der Waals surface area contributed by atoms with Gasteiger partial charge in [0.05, 0.1) is 11.9 Å². The van der Waals surface area contributed by atoms with E-state index in [1.807, 2.05) is 0 Å². The molecule has 6 nitrogen and oxygen atoms in total. The molecular formula is C8H9BrN2O4S. The number of hydrogen-bond donors (Lipinski definition) is 1. The van der Waals surface area contributed by atoms with Crippen LogP contribution in [-0.2, 0) is 10.0 Å². The Balaban J connectivity index is 3.40. The number of halogens is 1. The average molecular weight is 309 g/mol. The first kappa shape index (κ1) is 12.9. The maximum Gasteiger partial charge on any atom is 0.356 e. The first-order valence-corrected chi connectivity index (χ1v) is 6.71. The molecule has 0 radical (unpaired) electrons. The van der Waals surface area contributed by atoms with E-state index in [1.54, 1.807) is 0 Å². The van der Waals surface area contributed by atoms with E-state index in [-0.39, 0.29) is 11.4 Å². The summed E-state index contributed by atoms with van der Waals surface area (Å²) in [6, 6.07) is 2.85. The van der Waals surface area contributed by atoms with E-state index >= 15 is 0 Å². The van der Waals surface area contributed by atoms with Crippen molar-refractivity contribution < 1.29 is 18.3 Å². The number of carbonyl (C=O) groups is 1. The van der Waals surface area contributed by atoms with Gasteiger partial charge in [-0.3, -0.25) is 4.31 Å². The van der Waals surface area contributed by atoms with Crippen molar-refractivity contribution in [2.24, 2.45) is 0 Å². The molecule has 0 aliphatic carbocycles. The Kier molecular flexibility index (Phi) is 3.54. The van der Waals surface area contributed by atoms with Gasteiger partial charge in [0.1, 0.15) is 4.60 Å². The number of nitrogens with zero attached hydrogens (tertiary/aromatic N) is 2. The molecule has 1 aromatic rings. The molecule has 0 atom stereocenters. The molecule has 0 aliphatic rings. The van der Waals surface area contributed by atoms with Crippen LogP contribution in [0.15, 0.2) is 16.7 Å². The number of anilines is 1. The fraction of sp³-hybridized carbons (Fsp3) is 0.250. The highest BCUT2D eigenvalue weighted by Crippen LogP contribution is 2.22. The Bertz CT molecular complexity index is 529. The second-order valence-corrected chi connectivity index (χ2v) is 5.86. The minimum Gasteiger partial charge on any atom is -0.476 e. The lowest BCUT2D eigenvalue weighted by Crippen LogP contribution is -2.27. The van der Waals surface area contributed by atoms with Gasteiger partial charge in [-0.05, 0) is 28.1 Å². The van der Waals surface area contributed by atoms with Crippen LogP contribution in [-0.4, -0.2) is 37.8 Å². The molecule has 0 bridgehead atoms. The molecular weight excluding hydrogens is 300 g/mol. The second kappa shape index (κ2) is 4.38. The fourth-order valence-electron chi connectivity index (χ4n) is 1.02. The average Bonchev–Trinajstić information content (AvgIpc) is 2.15. The Labute approximate surface area is 101 Å². The van der Waals surface area contributed by atoms with Gasteiger partial charge in [0.25, 0.3) is 0 Å². The number of pyridine rings is 1. The molecule has 1 heterocycles. The third kappa shape index (κ3) is 2.70. The molecule has 0 spiro atoms. The maximum absolute atomic E-state index is 11.3. The molecule has 0 unspecified atom stereocenters. The highest BCUT2D eigenvalue weighted by Gasteiger charge is 2.20. The summed E-state index contributed by atoms with van der Waals surface area (Å²) in [6.07, 6.45) is 0.987. The molecule has 0 aliphatic heterocycles. The highest BCUT2D eigenvalue weighted by molar-refractivity contribution is 9.10. The van der Waals surface area contributed by atoms with Crippen molar-refractivity contribution in [2.45, 2.75) is 0 Å². The smallest absolute Gasteiger partial charge is 0.356 e. The largest absolute Gasteiger partial charge is 0.476 e. The lowest BCUT2D eigenvalue weighted by molar-refractivity contribution is 0.0691. The normalized spacial score (nSPS) is 11.2. The zero-order chi connectivity index (χ0) is 12.5. The third-order valence-electron chi connectivity index (χ3n) is 1.88. The maximum atomic E-state index is 11.3.